The van der Waals surface area contributed by atoms with Crippen molar-refractivity contribution in [2.75, 3.05) is 25.1 Å². The molecule has 0 aliphatic heterocycles. The number of carbonyl (C=O) groups is 2. The number of nitrogens with zero attached hydrogens (tertiary/aromatic N) is 2. The minimum atomic E-state index is -4.27. The van der Waals surface area contributed by atoms with Gasteiger partial charge in [-0.05, 0) is 69.2 Å². The smallest absolute Gasteiger partial charge is 0.264 e. The van der Waals surface area contributed by atoms with E-state index in [0.717, 1.165) is 9.87 Å². The highest BCUT2D eigenvalue weighted by molar-refractivity contribution is 7.92. The van der Waals surface area contributed by atoms with Crippen LogP contribution in [0, 0.1) is 6.92 Å². The molecule has 0 aromatic heterocycles. The van der Waals surface area contributed by atoms with Gasteiger partial charge in [-0.2, -0.15) is 0 Å². The van der Waals surface area contributed by atoms with Gasteiger partial charge >= 0.3 is 0 Å². The van der Waals surface area contributed by atoms with Crippen molar-refractivity contribution in [1.29, 1.82) is 0 Å². The molecule has 0 radical (unpaired) electrons. The van der Waals surface area contributed by atoms with Crippen LogP contribution >= 0.6 is 11.6 Å². The zero-order valence-electron chi connectivity index (χ0n) is 24.8. The summed E-state index contributed by atoms with van der Waals surface area (Å²) < 4.78 is 39.8. The summed E-state index contributed by atoms with van der Waals surface area (Å²) in [5, 5.41) is 3.40. The maximum absolute atomic E-state index is 14.1. The molecule has 1 N–H and O–H groups in total. The largest absolute Gasteiger partial charge is 0.493 e. The normalized spacial score (nSPS) is 12.6. The first-order valence-corrected chi connectivity index (χ1v) is 15.4. The predicted octanol–water partition coefficient (Wildman–Crippen LogP) is 5.19. The van der Waals surface area contributed by atoms with Crippen LogP contribution in [0.25, 0.3) is 0 Å². The van der Waals surface area contributed by atoms with Crippen LogP contribution in [0.3, 0.4) is 0 Å². The number of hydrogen-bond acceptors (Lipinski definition) is 6. The minimum Gasteiger partial charge on any atom is -0.493 e. The lowest BCUT2D eigenvalue weighted by Gasteiger charge is -2.32. The molecule has 3 aromatic carbocycles. The summed E-state index contributed by atoms with van der Waals surface area (Å²) in [5.74, 6) is -0.314. The second kappa shape index (κ2) is 14.4. The van der Waals surface area contributed by atoms with Crippen molar-refractivity contribution in [2.45, 2.75) is 57.6 Å². The van der Waals surface area contributed by atoms with Crippen LogP contribution in [0.1, 0.15) is 38.3 Å². The van der Waals surface area contributed by atoms with E-state index >= 15 is 0 Å². The van der Waals surface area contributed by atoms with Crippen molar-refractivity contribution >= 4 is 39.1 Å². The van der Waals surface area contributed by atoms with Crippen LogP contribution < -0.4 is 19.1 Å². The van der Waals surface area contributed by atoms with Crippen molar-refractivity contribution in [2.24, 2.45) is 0 Å². The van der Waals surface area contributed by atoms with Gasteiger partial charge in [0.1, 0.15) is 12.6 Å². The lowest BCUT2D eigenvalue weighted by atomic mass is 10.1. The van der Waals surface area contributed by atoms with E-state index in [4.69, 9.17) is 21.1 Å². The van der Waals surface area contributed by atoms with Gasteiger partial charge < -0.3 is 19.7 Å². The number of hydrogen-bond donors (Lipinski definition) is 1. The number of benzene rings is 3. The first kappa shape index (κ1) is 32.8. The Labute approximate surface area is 253 Å². The summed E-state index contributed by atoms with van der Waals surface area (Å²) in [6.45, 7) is 6.82. The molecule has 11 heteroatoms. The van der Waals surface area contributed by atoms with Crippen molar-refractivity contribution in [3.05, 3.63) is 82.9 Å². The summed E-state index contributed by atoms with van der Waals surface area (Å²) in [6.07, 6.45) is 0.714. The fourth-order valence-electron chi connectivity index (χ4n) is 4.22. The molecule has 2 amide bonds. The zero-order valence-corrected chi connectivity index (χ0v) is 26.3. The third-order valence-corrected chi connectivity index (χ3v) is 8.96. The quantitative estimate of drug-likeness (QED) is 0.284. The number of sulfonamides is 1. The van der Waals surface area contributed by atoms with Crippen LogP contribution in [0.5, 0.6) is 11.5 Å². The maximum atomic E-state index is 14.1. The molecule has 0 aliphatic carbocycles. The highest BCUT2D eigenvalue weighted by Gasteiger charge is 2.33. The Morgan fingerprint density at radius 3 is 2.21 bits per heavy atom. The first-order chi connectivity index (χ1) is 19.9. The van der Waals surface area contributed by atoms with Gasteiger partial charge in [-0.15, -0.1) is 0 Å². The third kappa shape index (κ3) is 7.95. The Morgan fingerprint density at radius 2 is 1.62 bits per heavy atom. The Hall–Kier alpha value is -3.76. The number of halogens is 1. The molecule has 2 atom stereocenters. The fourth-order valence-corrected chi connectivity index (χ4v) is 5.87. The number of amides is 2. The third-order valence-electron chi connectivity index (χ3n) is 6.95. The summed E-state index contributed by atoms with van der Waals surface area (Å²) in [6, 6.07) is 17.0. The Morgan fingerprint density at radius 1 is 0.952 bits per heavy atom. The predicted molar refractivity (Wildman–Crippen MR) is 165 cm³/mol. The Kier molecular flexibility index (Phi) is 11.2. The van der Waals surface area contributed by atoms with Crippen LogP contribution in [0.4, 0.5) is 5.69 Å². The number of methoxy groups -OCH3 is 2. The standard InChI is InChI=1S/C31H38ClN3O6S/c1-7-22(3)33-31(37)23(4)34(19-24-9-8-10-25(32)17-24)30(36)20-35(26-13-11-21(2)12-14-26)42(38,39)27-15-16-28(40-5)29(18-27)41-6/h8-18,22-23H,7,19-20H2,1-6H3,(H,33,37). The van der Waals surface area contributed by atoms with Crippen molar-refractivity contribution in [3.8, 4) is 11.5 Å². The van der Waals surface area contributed by atoms with Gasteiger partial charge in [-0.3, -0.25) is 13.9 Å². The van der Waals surface area contributed by atoms with E-state index < -0.39 is 28.5 Å². The minimum absolute atomic E-state index is 0.0482. The molecule has 0 spiro atoms. The summed E-state index contributed by atoms with van der Waals surface area (Å²) in [7, 11) is -1.41. The average Bonchev–Trinajstić information content (AvgIpc) is 2.98. The monoisotopic (exact) mass is 615 g/mol. The first-order valence-electron chi connectivity index (χ1n) is 13.6. The molecular weight excluding hydrogens is 578 g/mol. The molecule has 9 nitrogen and oxygen atoms in total. The van der Waals surface area contributed by atoms with Crippen molar-refractivity contribution in [3.63, 3.8) is 0 Å². The van der Waals surface area contributed by atoms with Gasteiger partial charge in [0.05, 0.1) is 24.8 Å². The number of ether oxygens (including phenoxy) is 2. The molecule has 226 valence electrons. The van der Waals surface area contributed by atoms with Crippen LogP contribution in [0.2, 0.25) is 5.02 Å². The second-order valence-electron chi connectivity index (χ2n) is 10.0. The summed E-state index contributed by atoms with van der Waals surface area (Å²) in [5.41, 5.74) is 1.92. The average molecular weight is 616 g/mol. The van der Waals surface area contributed by atoms with Gasteiger partial charge in [0.25, 0.3) is 10.0 Å². The molecule has 0 aliphatic rings. The molecule has 0 bridgehead atoms. The van der Waals surface area contributed by atoms with Gasteiger partial charge in [-0.1, -0.05) is 48.4 Å². The highest BCUT2D eigenvalue weighted by atomic mass is 35.5. The SMILES string of the molecule is CCC(C)NC(=O)C(C)N(Cc1cccc(Cl)c1)C(=O)CN(c1ccc(C)cc1)S(=O)(=O)c1ccc(OC)c(OC)c1. The lowest BCUT2D eigenvalue weighted by molar-refractivity contribution is -0.139. The summed E-state index contributed by atoms with van der Waals surface area (Å²) >= 11 is 6.20. The molecule has 3 aromatic rings. The molecule has 0 heterocycles. The van der Waals surface area contributed by atoms with E-state index in [1.54, 1.807) is 55.5 Å². The Bertz CT molecular complexity index is 1500. The molecule has 0 saturated carbocycles. The van der Waals surface area contributed by atoms with Crippen LogP contribution in [0.15, 0.2) is 71.6 Å². The molecule has 2 unspecified atom stereocenters. The number of anilines is 1. The summed E-state index contributed by atoms with van der Waals surface area (Å²) in [4.78, 5) is 28.5. The van der Waals surface area contributed by atoms with Gasteiger partial charge in [-0.25, -0.2) is 8.42 Å². The van der Waals surface area contributed by atoms with E-state index in [0.29, 0.717) is 28.4 Å². The zero-order chi connectivity index (χ0) is 31.0. The molecule has 42 heavy (non-hydrogen) atoms. The van der Waals surface area contributed by atoms with Crippen LogP contribution in [-0.2, 0) is 26.2 Å². The van der Waals surface area contributed by atoms with Gasteiger partial charge in [0, 0.05) is 23.7 Å². The van der Waals surface area contributed by atoms with E-state index in [9.17, 15) is 18.0 Å². The van der Waals surface area contributed by atoms with Crippen molar-refractivity contribution in [1.82, 2.24) is 10.2 Å². The number of nitrogens with one attached hydrogen (secondary N) is 1. The van der Waals surface area contributed by atoms with Crippen LogP contribution in [-0.4, -0.2) is 58.0 Å². The number of aryl methyl sites for hydroxylation is 1. The topological polar surface area (TPSA) is 105 Å². The molecule has 0 fully saturated rings. The number of rotatable bonds is 13. The second-order valence-corrected chi connectivity index (χ2v) is 12.3. The maximum Gasteiger partial charge on any atom is 0.264 e. The number of carbonyl (C=O) groups excluding carboxylic acids is 2. The lowest BCUT2D eigenvalue weighted by Crippen LogP contribution is -2.52. The fraction of sp³-hybridized carbons (Fsp3) is 0.355. The van der Waals surface area contributed by atoms with Gasteiger partial charge in [0.15, 0.2) is 11.5 Å². The van der Waals surface area contributed by atoms with Gasteiger partial charge in [0.2, 0.25) is 11.8 Å². The highest BCUT2D eigenvalue weighted by Crippen LogP contribution is 2.32. The van der Waals surface area contributed by atoms with Crippen molar-refractivity contribution < 1.29 is 27.5 Å². The van der Waals surface area contributed by atoms with E-state index in [2.05, 4.69) is 5.32 Å². The van der Waals surface area contributed by atoms with E-state index in [1.807, 2.05) is 20.8 Å². The van der Waals surface area contributed by atoms with E-state index in [-0.39, 0.29) is 29.1 Å². The molecule has 0 saturated heterocycles. The molecule has 3 rings (SSSR count). The van der Waals surface area contributed by atoms with E-state index in [1.165, 1.54) is 37.3 Å². The Balaban J connectivity index is 2.06. The molecular formula is C31H38ClN3O6S.